The lowest BCUT2D eigenvalue weighted by Gasteiger charge is -2.22. The molecule has 3 heteroatoms. The summed E-state index contributed by atoms with van der Waals surface area (Å²) in [7, 11) is 3.69. The second-order valence-corrected chi connectivity index (χ2v) is 5.75. The van der Waals surface area contributed by atoms with Gasteiger partial charge in [-0.25, -0.2) is 0 Å². The highest BCUT2D eigenvalue weighted by molar-refractivity contribution is 9.10. The van der Waals surface area contributed by atoms with Crippen LogP contribution in [0.25, 0.3) is 0 Å². The van der Waals surface area contributed by atoms with Gasteiger partial charge in [0.05, 0.1) is 13.2 Å². The predicted octanol–water partition coefficient (Wildman–Crippen LogP) is 4.38. The maximum atomic E-state index is 5.28. The molecular weight excluding hydrogens is 314 g/mol. The molecule has 0 spiro atoms. The minimum Gasteiger partial charge on any atom is -0.497 e. The van der Waals surface area contributed by atoms with Gasteiger partial charge in [-0.3, -0.25) is 0 Å². The molecule has 1 unspecified atom stereocenters. The molecule has 1 N–H and O–H groups in total. The van der Waals surface area contributed by atoms with Crippen molar-refractivity contribution >= 4 is 15.9 Å². The van der Waals surface area contributed by atoms with Crippen molar-refractivity contribution in [1.82, 2.24) is 5.32 Å². The molecule has 0 heterocycles. The summed E-state index contributed by atoms with van der Waals surface area (Å²) in [5, 5.41) is 3.42. The topological polar surface area (TPSA) is 21.3 Å². The molecule has 1 atom stereocenters. The van der Waals surface area contributed by atoms with Crippen molar-refractivity contribution in [2.75, 3.05) is 14.2 Å². The van der Waals surface area contributed by atoms with Crippen LogP contribution >= 0.6 is 15.9 Å². The van der Waals surface area contributed by atoms with Gasteiger partial charge in [-0.1, -0.05) is 34.1 Å². The fraction of sp³-hybridized carbons (Fsp3) is 0.294. The Hall–Kier alpha value is -1.32. The standard InChI is InChI=1S/C17H20BrNO/c1-11-10-13(20-4)8-9-14(11)17(19-3)15-6-5-7-16(18)12(15)2/h5-10,17,19H,1-4H3. The maximum absolute atomic E-state index is 5.28. The third-order valence-corrected chi connectivity index (χ3v) is 4.56. The number of ether oxygens (including phenoxy) is 1. The molecule has 0 amide bonds. The van der Waals surface area contributed by atoms with Crippen molar-refractivity contribution in [3.8, 4) is 5.75 Å². The molecule has 0 aromatic heterocycles. The van der Waals surface area contributed by atoms with Crippen LogP contribution < -0.4 is 10.1 Å². The number of aryl methyl sites for hydroxylation is 1. The molecular formula is C17H20BrNO. The maximum Gasteiger partial charge on any atom is 0.119 e. The van der Waals surface area contributed by atoms with Crippen LogP contribution in [-0.4, -0.2) is 14.2 Å². The van der Waals surface area contributed by atoms with Gasteiger partial charge in [0.2, 0.25) is 0 Å². The Bertz CT molecular complexity index is 610. The van der Waals surface area contributed by atoms with Crippen LogP contribution in [0.5, 0.6) is 5.75 Å². The number of benzene rings is 2. The molecule has 2 aromatic carbocycles. The van der Waals surface area contributed by atoms with Gasteiger partial charge in [0.25, 0.3) is 0 Å². The van der Waals surface area contributed by atoms with Crippen molar-refractivity contribution < 1.29 is 4.74 Å². The summed E-state index contributed by atoms with van der Waals surface area (Å²) in [5.41, 5.74) is 5.05. The Morgan fingerprint density at radius 1 is 1.10 bits per heavy atom. The number of hydrogen-bond acceptors (Lipinski definition) is 2. The summed E-state index contributed by atoms with van der Waals surface area (Å²) in [6.07, 6.45) is 0. The van der Waals surface area contributed by atoms with E-state index >= 15 is 0 Å². The Labute approximate surface area is 129 Å². The van der Waals surface area contributed by atoms with E-state index in [1.54, 1.807) is 7.11 Å². The second kappa shape index (κ2) is 6.42. The van der Waals surface area contributed by atoms with E-state index in [9.17, 15) is 0 Å². The molecule has 2 nitrogen and oxygen atoms in total. The lowest BCUT2D eigenvalue weighted by molar-refractivity contribution is 0.414. The van der Waals surface area contributed by atoms with Crippen molar-refractivity contribution in [3.05, 3.63) is 63.1 Å². The molecule has 2 aromatic rings. The lowest BCUT2D eigenvalue weighted by Crippen LogP contribution is -2.19. The van der Waals surface area contributed by atoms with E-state index in [0.29, 0.717) is 0 Å². The van der Waals surface area contributed by atoms with E-state index in [2.05, 4.69) is 65.4 Å². The average molecular weight is 334 g/mol. The first-order valence-electron chi connectivity index (χ1n) is 6.65. The third kappa shape index (κ3) is 2.89. The second-order valence-electron chi connectivity index (χ2n) is 4.90. The molecule has 0 fully saturated rings. The van der Waals surface area contributed by atoms with Crippen molar-refractivity contribution in [2.24, 2.45) is 0 Å². The van der Waals surface area contributed by atoms with Gasteiger partial charge in [0, 0.05) is 4.47 Å². The molecule has 0 aliphatic rings. The summed E-state index contributed by atoms with van der Waals surface area (Å²) < 4.78 is 6.42. The highest BCUT2D eigenvalue weighted by atomic mass is 79.9. The Morgan fingerprint density at radius 2 is 1.85 bits per heavy atom. The first-order chi connectivity index (χ1) is 9.58. The zero-order valence-corrected chi connectivity index (χ0v) is 13.9. The van der Waals surface area contributed by atoms with Crippen LogP contribution in [0.1, 0.15) is 28.3 Å². The van der Waals surface area contributed by atoms with E-state index < -0.39 is 0 Å². The first kappa shape index (κ1) is 15.1. The van der Waals surface area contributed by atoms with E-state index in [0.717, 1.165) is 10.2 Å². The Balaban J connectivity index is 2.50. The number of rotatable bonds is 4. The Morgan fingerprint density at radius 3 is 2.45 bits per heavy atom. The van der Waals surface area contributed by atoms with Crippen molar-refractivity contribution in [2.45, 2.75) is 19.9 Å². The van der Waals surface area contributed by atoms with Crippen molar-refractivity contribution in [1.29, 1.82) is 0 Å². The fourth-order valence-corrected chi connectivity index (χ4v) is 2.90. The molecule has 0 aliphatic carbocycles. The van der Waals surface area contributed by atoms with E-state index in [-0.39, 0.29) is 6.04 Å². The van der Waals surface area contributed by atoms with Crippen LogP contribution in [0.3, 0.4) is 0 Å². The van der Waals surface area contributed by atoms with Gasteiger partial charge in [0.15, 0.2) is 0 Å². The third-order valence-electron chi connectivity index (χ3n) is 3.70. The van der Waals surface area contributed by atoms with E-state index in [1.807, 2.05) is 13.1 Å². The number of hydrogen-bond donors (Lipinski definition) is 1. The molecule has 0 radical (unpaired) electrons. The van der Waals surface area contributed by atoms with Gasteiger partial charge in [-0.2, -0.15) is 0 Å². The molecule has 2 rings (SSSR count). The summed E-state index contributed by atoms with van der Waals surface area (Å²) in [6.45, 7) is 4.26. The summed E-state index contributed by atoms with van der Waals surface area (Å²) in [4.78, 5) is 0. The lowest BCUT2D eigenvalue weighted by atomic mass is 9.92. The quantitative estimate of drug-likeness (QED) is 0.896. The SMILES string of the molecule is CNC(c1ccc(OC)cc1C)c1cccc(Br)c1C. The largest absolute Gasteiger partial charge is 0.497 e. The monoisotopic (exact) mass is 333 g/mol. The summed E-state index contributed by atoms with van der Waals surface area (Å²) >= 11 is 3.61. The first-order valence-corrected chi connectivity index (χ1v) is 7.44. The Kier molecular flexibility index (Phi) is 4.84. The fourth-order valence-electron chi connectivity index (χ4n) is 2.51. The number of nitrogens with one attached hydrogen (secondary N) is 1. The van der Waals surface area contributed by atoms with Gasteiger partial charge < -0.3 is 10.1 Å². The minimum absolute atomic E-state index is 0.179. The van der Waals surface area contributed by atoms with Crippen LogP contribution in [0.15, 0.2) is 40.9 Å². The zero-order valence-electron chi connectivity index (χ0n) is 12.3. The van der Waals surface area contributed by atoms with Gasteiger partial charge in [0.1, 0.15) is 5.75 Å². The molecule has 0 saturated heterocycles. The molecule has 20 heavy (non-hydrogen) atoms. The van der Waals surface area contributed by atoms with Crippen LogP contribution in [0, 0.1) is 13.8 Å². The van der Waals surface area contributed by atoms with Crippen LogP contribution in [0.2, 0.25) is 0 Å². The minimum atomic E-state index is 0.179. The highest BCUT2D eigenvalue weighted by Crippen LogP contribution is 2.31. The molecule has 106 valence electrons. The van der Waals surface area contributed by atoms with Crippen molar-refractivity contribution in [3.63, 3.8) is 0 Å². The van der Waals surface area contributed by atoms with Crippen LogP contribution in [0.4, 0.5) is 0 Å². The van der Waals surface area contributed by atoms with Gasteiger partial charge >= 0.3 is 0 Å². The smallest absolute Gasteiger partial charge is 0.119 e. The molecule has 0 aliphatic heterocycles. The molecule has 0 bridgehead atoms. The van der Waals surface area contributed by atoms with Crippen LogP contribution in [-0.2, 0) is 0 Å². The van der Waals surface area contributed by atoms with E-state index in [1.165, 1.54) is 22.3 Å². The number of halogens is 1. The average Bonchev–Trinajstić information content (AvgIpc) is 2.45. The van der Waals surface area contributed by atoms with Gasteiger partial charge in [-0.05, 0) is 61.3 Å². The normalized spacial score (nSPS) is 12.2. The molecule has 0 saturated carbocycles. The van der Waals surface area contributed by atoms with E-state index in [4.69, 9.17) is 4.74 Å². The van der Waals surface area contributed by atoms with Gasteiger partial charge in [-0.15, -0.1) is 0 Å². The number of methoxy groups -OCH3 is 1. The highest BCUT2D eigenvalue weighted by Gasteiger charge is 2.17. The zero-order chi connectivity index (χ0) is 14.7. The summed E-state index contributed by atoms with van der Waals surface area (Å²) in [6, 6.07) is 12.7. The summed E-state index contributed by atoms with van der Waals surface area (Å²) in [5.74, 6) is 0.895. The predicted molar refractivity (Wildman–Crippen MR) is 87.5 cm³/mol.